The quantitative estimate of drug-likeness (QED) is 0.902. The summed E-state index contributed by atoms with van der Waals surface area (Å²) in [6, 6.07) is 0. The first-order valence-corrected chi connectivity index (χ1v) is 8.33. The van der Waals surface area contributed by atoms with Gasteiger partial charge in [-0.05, 0) is 38.0 Å². The van der Waals surface area contributed by atoms with Crippen molar-refractivity contribution < 1.29 is 14.7 Å². The zero-order chi connectivity index (χ0) is 15.0. The van der Waals surface area contributed by atoms with Gasteiger partial charge in [0, 0.05) is 24.4 Å². The zero-order valence-corrected chi connectivity index (χ0v) is 12.9. The number of carbonyl (C=O) groups is 2. The molecule has 1 aliphatic heterocycles. The molecule has 6 heteroatoms. The fraction of sp³-hybridized carbons (Fsp3) is 0.667. The van der Waals surface area contributed by atoms with Gasteiger partial charge in [-0.2, -0.15) is 0 Å². The Morgan fingerprint density at radius 2 is 2.19 bits per heavy atom. The van der Waals surface area contributed by atoms with Gasteiger partial charge < -0.3 is 10.0 Å². The van der Waals surface area contributed by atoms with E-state index in [1.54, 1.807) is 21.7 Å². The van der Waals surface area contributed by atoms with Crippen LogP contribution in [0.25, 0.3) is 0 Å². The predicted octanol–water partition coefficient (Wildman–Crippen LogP) is 1.95. The van der Waals surface area contributed by atoms with Crippen molar-refractivity contribution in [3.05, 3.63) is 16.1 Å². The summed E-state index contributed by atoms with van der Waals surface area (Å²) in [5, 5.41) is 9.33. The lowest BCUT2D eigenvalue weighted by Crippen LogP contribution is -2.30. The van der Waals surface area contributed by atoms with Crippen molar-refractivity contribution in [3.63, 3.8) is 0 Å². The molecule has 0 radical (unpaired) electrons. The minimum atomic E-state index is -0.750. The van der Waals surface area contributed by atoms with Crippen LogP contribution in [0.2, 0.25) is 0 Å². The molecule has 0 bridgehead atoms. The highest BCUT2D eigenvalue weighted by Gasteiger charge is 2.46. The maximum Gasteiger partial charge on any atom is 0.308 e. The van der Waals surface area contributed by atoms with Crippen LogP contribution in [0.4, 0.5) is 0 Å². The second-order valence-electron chi connectivity index (χ2n) is 6.11. The molecule has 0 aromatic carbocycles. The average Bonchev–Trinajstić information content (AvgIpc) is 3.06. The van der Waals surface area contributed by atoms with Gasteiger partial charge in [-0.1, -0.05) is 0 Å². The number of likely N-dealkylation sites (tertiary alicyclic amines) is 1. The number of carboxylic acid groups (broad SMARTS) is 1. The second-order valence-corrected chi connectivity index (χ2v) is 7.05. The van der Waals surface area contributed by atoms with E-state index in [2.05, 4.69) is 4.98 Å². The molecule has 2 aliphatic rings. The van der Waals surface area contributed by atoms with Crippen molar-refractivity contribution in [2.75, 3.05) is 13.1 Å². The number of amides is 1. The molecule has 21 heavy (non-hydrogen) atoms. The molecule has 1 saturated carbocycles. The molecule has 2 fully saturated rings. The molecule has 1 aromatic rings. The normalized spacial score (nSPS) is 25.3. The third-order valence-corrected chi connectivity index (χ3v) is 5.67. The number of carbonyl (C=O) groups excluding carboxylic acids is 1. The Balaban J connectivity index is 1.58. The molecule has 2 atom stereocenters. The number of hydrogen-bond acceptors (Lipinski definition) is 4. The van der Waals surface area contributed by atoms with Crippen molar-refractivity contribution in [1.82, 2.24) is 9.88 Å². The maximum absolute atomic E-state index is 12.3. The predicted molar refractivity (Wildman–Crippen MR) is 79.1 cm³/mol. The van der Waals surface area contributed by atoms with E-state index in [0.29, 0.717) is 31.8 Å². The molecule has 114 valence electrons. The van der Waals surface area contributed by atoms with Crippen molar-refractivity contribution in [2.45, 2.75) is 32.6 Å². The van der Waals surface area contributed by atoms with Gasteiger partial charge >= 0.3 is 5.97 Å². The molecule has 0 unspecified atom stereocenters. The summed E-state index contributed by atoms with van der Waals surface area (Å²) in [5.41, 5.74) is 2.79. The van der Waals surface area contributed by atoms with Crippen molar-refractivity contribution in [1.29, 1.82) is 0 Å². The third-order valence-electron chi connectivity index (χ3n) is 4.67. The second kappa shape index (κ2) is 5.75. The highest BCUT2D eigenvalue weighted by Crippen LogP contribution is 2.44. The van der Waals surface area contributed by atoms with Crippen LogP contribution in [0, 0.1) is 24.7 Å². The molecular formula is C15H20N2O3S. The molecule has 0 spiro atoms. The van der Waals surface area contributed by atoms with Gasteiger partial charge in [0.1, 0.15) is 0 Å². The Labute approximate surface area is 128 Å². The van der Waals surface area contributed by atoms with Gasteiger partial charge in [0.2, 0.25) is 5.91 Å². The summed E-state index contributed by atoms with van der Waals surface area (Å²) in [7, 11) is 0. The van der Waals surface area contributed by atoms with Gasteiger partial charge in [0.05, 0.1) is 17.1 Å². The van der Waals surface area contributed by atoms with Crippen molar-refractivity contribution in [3.8, 4) is 0 Å². The number of aromatic nitrogens is 1. The Bertz CT molecular complexity index is 553. The highest BCUT2D eigenvalue weighted by atomic mass is 32.1. The number of hydrogen-bond donors (Lipinski definition) is 1. The van der Waals surface area contributed by atoms with Crippen LogP contribution in [-0.2, 0) is 16.0 Å². The lowest BCUT2D eigenvalue weighted by Gasteiger charge is -2.16. The summed E-state index contributed by atoms with van der Waals surface area (Å²) in [4.78, 5) is 30.8. The molecule has 1 N–H and O–H groups in total. The van der Waals surface area contributed by atoms with E-state index in [1.165, 1.54) is 0 Å². The summed E-state index contributed by atoms with van der Waals surface area (Å²) < 4.78 is 0. The average molecular weight is 308 g/mol. The summed E-state index contributed by atoms with van der Waals surface area (Å²) in [5.74, 6) is -0.353. The maximum atomic E-state index is 12.3. The van der Waals surface area contributed by atoms with Crippen LogP contribution in [0.5, 0.6) is 0 Å². The van der Waals surface area contributed by atoms with E-state index in [-0.39, 0.29) is 17.7 Å². The number of carboxylic acids is 1. The van der Waals surface area contributed by atoms with Crippen molar-refractivity contribution >= 4 is 23.2 Å². The standard InChI is InChI=1S/C15H20N2O3S/c1-9-13(21-8-16-9)4-5-14(18)17-6-11(10-2-3-10)12(7-17)15(19)20/h8,10-12H,2-7H2,1H3,(H,19,20)/t11-,12+/m0/s1. The van der Waals surface area contributed by atoms with E-state index >= 15 is 0 Å². The van der Waals surface area contributed by atoms with Crippen LogP contribution in [0.15, 0.2) is 5.51 Å². The molecule has 2 heterocycles. The van der Waals surface area contributed by atoms with Crippen molar-refractivity contribution in [2.24, 2.45) is 17.8 Å². The Hall–Kier alpha value is -1.43. The van der Waals surface area contributed by atoms with E-state index in [0.717, 1.165) is 23.4 Å². The molecule has 3 rings (SSSR count). The molecule has 1 amide bonds. The largest absolute Gasteiger partial charge is 0.481 e. The first kappa shape index (κ1) is 14.5. The fourth-order valence-corrected chi connectivity index (χ4v) is 4.02. The SMILES string of the molecule is Cc1ncsc1CCC(=O)N1C[C@@H](C(=O)O)[C@H](C2CC2)C1. The molecule has 1 saturated heterocycles. The first-order chi connectivity index (χ1) is 10.1. The fourth-order valence-electron chi connectivity index (χ4n) is 3.24. The minimum absolute atomic E-state index is 0.0807. The number of nitrogens with zero attached hydrogens (tertiary/aromatic N) is 2. The molecule has 1 aliphatic carbocycles. The van der Waals surface area contributed by atoms with Gasteiger partial charge in [-0.3, -0.25) is 9.59 Å². The number of rotatable bonds is 5. The van der Waals surface area contributed by atoms with E-state index < -0.39 is 5.97 Å². The van der Waals surface area contributed by atoms with E-state index in [9.17, 15) is 14.7 Å². The summed E-state index contributed by atoms with van der Waals surface area (Å²) in [6.45, 7) is 2.97. The smallest absolute Gasteiger partial charge is 0.308 e. The topological polar surface area (TPSA) is 70.5 Å². The number of thiazole rings is 1. The molecule has 1 aromatic heterocycles. The first-order valence-electron chi connectivity index (χ1n) is 7.45. The highest BCUT2D eigenvalue weighted by molar-refractivity contribution is 7.09. The summed E-state index contributed by atoms with van der Waals surface area (Å²) >= 11 is 1.58. The molecule has 5 nitrogen and oxygen atoms in total. The Morgan fingerprint density at radius 3 is 2.76 bits per heavy atom. The number of aryl methyl sites for hydroxylation is 2. The molecular weight excluding hydrogens is 288 g/mol. The lowest BCUT2D eigenvalue weighted by atomic mass is 9.92. The van der Waals surface area contributed by atoms with E-state index in [4.69, 9.17) is 0 Å². The lowest BCUT2D eigenvalue weighted by molar-refractivity contribution is -0.142. The number of aliphatic carboxylic acids is 1. The van der Waals surface area contributed by atoms with E-state index in [1.807, 2.05) is 6.92 Å². The van der Waals surface area contributed by atoms with Gasteiger partial charge in [0.15, 0.2) is 0 Å². The van der Waals surface area contributed by atoms with Gasteiger partial charge in [-0.25, -0.2) is 4.98 Å². The van der Waals surface area contributed by atoms with Crippen LogP contribution in [0.3, 0.4) is 0 Å². The van der Waals surface area contributed by atoms with Gasteiger partial charge in [0.25, 0.3) is 0 Å². The van der Waals surface area contributed by atoms with Crippen LogP contribution in [0.1, 0.15) is 29.8 Å². The van der Waals surface area contributed by atoms with Gasteiger partial charge in [-0.15, -0.1) is 11.3 Å². The zero-order valence-electron chi connectivity index (χ0n) is 12.1. The third kappa shape index (κ3) is 3.10. The Kier molecular flexibility index (Phi) is 3.97. The van der Waals surface area contributed by atoms with Crippen LogP contribution in [-0.4, -0.2) is 40.0 Å². The van der Waals surface area contributed by atoms with Crippen LogP contribution < -0.4 is 0 Å². The van der Waals surface area contributed by atoms with Crippen LogP contribution >= 0.6 is 11.3 Å². The monoisotopic (exact) mass is 308 g/mol. The summed E-state index contributed by atoms with van der Waals surface area (Å²) in [6.07, 6.45) is 3.40. The minimum Gasteiger partial charge on any atom is -0.481 e. The Morgan fingerprint density at radius 1 is 1.43 bits per heavy atom.